The number of anilines is 1. The molecule has 0 aromatic carbocycles. The summed E-state index contributed by atoms with van der Waals surface area (Å²) in [6.07, 6.45) is 0. The smallest absolute Gasteiger partial charge is 0.225 e. The Bertz CT molecular complexity index is 507. The standard InChI is InChI=1S/C11H14ClN3S/c1-4-13-11-14-9(12)7-5-8(6(2)3)16-10(7)15-11/h5-6H,4H2,1-3H3,(H,13,14,15). The molecule has 0 aliphatic carbocycles. The predicted octanol–water partition coefficient (Wildman–Crippen LogP) is 3.90. The molecule has 0 amide bonds. The van der Waals surface area contributed by atoms with Crippen molar-refractivity contribution in [2.24, 2.45) is 0 Å². The molecule has 0 saturated heterocycles. The summed E-state index contributed by atoms with van der Waals surface area (Å²) in [5.41, 5.74) is 0. The molecule has 2 aromatic heterocycles. The van der Waals surface area contributed by atoms with E-state index in [9.17, 15) is 0 Å². The van der Waals surface area contributed by atoms with Gasteiger partial charge in [-0.05, 0) is 18.9 Å². The van der Waals surface area contributed by atoms with E-state index in [2.05, 4.69) is 35.2 Å². The lowest BCUT2D eigenvalue weighted by Crippen LogP contribution is -2.01. The highest BCUT2D eigenvalue weighted by Crippen LogP contribution is 2.33. The zero-order valence-corrected chi connectivity index (χ0v) is 11.1. The summed E-state index contributed by atoms with van der Waals surface area (Å²) >= 11 is 7.82. The predicted molar refractivity (Wildman–Crippen MR) is 70.7 cm³/mol. The molecule has 2 aromatic rings. The van der Waals surface area contributed by atoms with Crippen LogP contribution in [-0.4, -0.2) is 16.5 Å². The summed E-state index contributed by atoms with van der Waals surface area (Å²) in [6, 6.07) is 2.09. The normalized spacial score (nSPS) is 11.3. The first-order chi connectivity index (χ1) is 7.61. The topological polar surface area (TPSA) is 37.8 Å². The van der Waals surface area contributed by atoms with E-state index in [0.717, 1.165) is 16.8 Å². The molecule has 0 radical (unpaired) electrons. The van der Waals surface area contributed by atoms with Crippen LogP contribution in [0.4, 0.5) is 5.95 Å². The van der Waals surface area contributed by atoms with Crippen molar-refractivity contribution >= 4 is 39.1 Å². The average molecular weight is 256 g/mol. The van der Waals surface area contributed by atoms with Gasteiger partial charge in [-0.1, -0.05) is 25.4 Å². The lowest BCUT2D eigenvalue weighted by Gasteiger charge is -2.01. The zero-order valence-electron chi connectivity index (χ0n) is 9.54. The van der Waals surface area contributed by atoms with Gasteiger partial charge in [0.25, 0.3) is 0 Å². The fourth-order valence-electron chi connectivity index (χ4n) is 1.43. The van der Waals surface area contributed by atoms with E-state index in [0.29, 0.717) is 17.0 Å². The van der Waals surface area contributed by atoms with Crippen LogP contribution in [0.5, 0.6) is 0 Å². The number of thiophene rings is 1. The maximum atomic E-state index is 6.13. The van der Waals surface area contributed by atoms with Crippen molar-refractivity contribution in [1.82, 2.24) is 9.97 Å². The Hall–Kier alpha value is -0.870. The number of hydrogen-bond donors (Lipinski definition) is 1. The van der Waals surface area contributed by atoms with E-state index < -0.39 is 0 Å². The molecule has 0 saturated carbocycles. The molecule has 5 heteroatoms. The molecule has 2 rings (SSSR count). The first-order valence-electron chi connectivity index (χ1n) is 5.32. The van der Waals surface area contributed by atoms with Gasteiger partial charge in [0.1, 0.15) is 9.98 Å². The van der Waals surface area contributed by atoms with Crippen LogP contribution in [0.15, 0.2) is 6.07 Å². The zero-order chi connectivity index (χ0) is 11.7. The number of nitrogens with zero attached hydrogens (tertiary/aromatic N) is 2. The first kappa shape index (κ1) is 11.6. The van der Waals surface area contributed by atoms with E-state index in [1.54, 1.807) is 11.3 Å². The number of halogens is 1. The third-order valence-electron chi connectivity index (χ3n) is 2.27. The molecular weight excluding hydrogens is 242 g/mol. The second-order valence-corrected chi connectivity index (χ2v) is 5.31. The highest BCUT2D eigenvalue weighted by atomic mass is 35.5. The fraction of sp³-hybridized carbons (Fsp3) is 0.455. The molecule has 0 unspecified atom stereocenters. The van der Waals surface area contributed by atoms with E-state index in [4.69, 9.17) is 11.6 Å². The maximum Gasteiger partial charge on any atom is 0.225 e. The molecule has 0 spiro atoms. The van der Waals surface area contributed by atoms with Crippen molar-refractivity contribution in [2.75, 3.05) is 11.9 Å². The summed E-state index contributed by atoms with van der Waals surface area (Å²) in [5.74, 6) is 1.11. The molecular formula is C11H14ClN3S. The van der Waals surface area contributed by atoms with Gasteiger partial charge in [-0.15, -0.1) is 11.3 Å². The van der Waals surface area contributed by atoms with Crippen LogP contribution in [0.3, 0.4) is 0 Å². The van der Waals surface area contributed by atoms with Crippen molar-refractivity contribution in [3.05, 3.63) is 16.1 Å². The highest BCUT2D eigenvalue weighted by Gasteiger charge is 2.11. The number of fused-ring (bicyclic) bond motifs is 1. The third-order valence-corrected chi connectivity index (χ3v) is 3.89. The van der Waals surface area contributed by atoms with Crippen LogP contribution in [-0.2, 0) is 0 Å². The quantitative estimate of drug-likeness (QED) is 0.846. The molecule has 0 atom stereocenters. The molecule has 0 bridgehead atoms. The summed E-state index contributed by atoms with van der Waals surface area (Å²) in [7, 11) is 0. The molecule has 0 aliphatic heterocycles. The van der Waals surface area contributed by atoms with Crippen LogP contribution in [0, 0.1) is 0 Å². The minimum atomic E-state index is 0.498. The Labute approximate surface area is 104 Å². The first-order valence-corrected chi connectivity index (χ1v) is 6.52. The SMILES string of the molecule is CCNc1nc(Cl)c2cc(C(C)C)sc2n1. The van der Waals surface area contributed by atoms with Crippen LogP contribution in [0.25, 0.3) is 10.2 Å². The Morgan fingerprint density at radius 3 is 2.81 bits per heavy atom. The molecule has 2 heterocycles. The van der Waals surface area contributed by atoms with Crippen molar-refractivity contribution < 1.29 is 0 Å². The molecule has 86 valence electrons. The van der Waals surface area contributed by atoms with Gasteiger partial charge in [0.2, 0.25) is 5.95 Å². The second-order valence-electron chi connectivity index (χ2n) is 3.89. The van der Waals surface area contributed by atoms with Gasteiger partial charge in [0, 0.05) is 16.8 Å². The summed E-state index contributed by atoms with van der Waals surface area (Å²) in [4.78, 5) is 10.9. The average Bonchev–Trinajstić information content (AvgIpc) is 2.62. The Morgan fingerprint density at radius 1 is 1.44 bits per heavy atom. The van der Waals surface area contributed by atoms with Crippen molar-refractivity contribution in [3.8, 4) is 0 Å². The van der Waals surface area contributed by atoms with Crippen molar-refractivity contribution in [3.63, 3.8) is 0 Å². The third kappa shape index (κ3) is 2.13. The van der Waals surface area contributed by atoms with Gasteiger partial charge in [-0.3, -0.25) is 0 Å². The lowest BCUT2D eigenvalue weighted by molar-refractivity contribution is 0.890. The molecule has 16 heavy (non-hydrogen) atoms. The number of rotatable bonds is 3. The van der Waals surface area contributed by atoms with Crippen LogP contribution in [0.2, 0.25) is 5.15 Å². The second kappa shape index (κ2) is 4.55. The van der Waals surface area contributed by atoms with Gasteiger partial charge in [0.05, 0.1) is 0 Å². The van der Waals surface area contributed by atoms with Gasteiger partial charge < -0.3 is 5.32 Å². The molecule has 1 N–H and O–H groups in total. The molecule has 0 fully saturated rings. The minimum Gasteiger partial charge on any atom is -0.354 e. The largest absolute Gasteiger partial charge is 0.354 e. The van der Waals surface area contributed by atoms with Gasteiger partial charge in [-0.2, -0.15) is 0 Å². The maximum absolute atomic E-state index is 6.13. The molecule has 0 aliphatic rings. The monoisotopic (exact) mass is 255 g/mol. The number of hydrogen-bond acceptors (Lipinski definition) is 4. The van der Waals surface area contributed by atoms with Gasteiger partial charge in [0.15, 0.2) is 0 Å². The number of nitrogens with one attached hydrogen (secondary N) is 1. The lowest BCUT2D eigenvalue weighted by atomic mass is 10.2. The number of aromatic nitrogens is 2. The van der Waals surface area contributed by atoms with Gasteiger partial charge >= 0.3 is 0 Å². The van der Waals surface area contributed by atoms with Crippen molar-refractivity contribution in [1.29, 1.82) is 0 Å². The summed E-state index contributed by atoms with van der Waals surface area (Å²) in [6.45, 7) is 7.13. The highest BCUT2D eigenvalue weighted by molar-refractivity contribution is 7.18. The molecule has 3 nitrogen and oxygen atoms in total. The van der Waals surface area contributed by atoms with Crippen molar-refractivity contribution in [2.45, 2.75) is 26.7 Å². The van der Waals surface area contributed by atoms with Gasteiger partial charge in [-0.25, -0.2) is 9.97 Å². The summed E-state index contributed by atoms with van der Waals surface area (Å²) < 4.78 is 0. The van der Waals surface area contributed by atoms with Crippen LogP contribution >= 0.6 is 22.9 Å². The summed E-state index contributed by atoms with van der Waals surface area (Å²) in [5, 5.41) is 4.57. The minimum absolute atomic E-state index is 0.498. The van der Waals surface area contributed by atoms with E-state index in [1.165, 1.54) is 4.88 Å². The fourth-order valence-corrected chi connectivity index (χ4v) is 2.74. The Morgan fingerprint density at radius 2 is 2.19 bits per heavy atom. The van der Waals surface area contributed by atoms with E-state index >= 15 is 0 Å². The van der Waals surface area contributed by atoms with E-state index in [1.807, 2.05) is 6.92 Å². The Balaban J connectivity index is 2.54. The van der Waals surface area contributed by atoms with Crippen LogP contribution in [0.1, 0.15) is 31.6 Å². The van der Waals surface area contributed by atoms with E-state index in [-0.39, 0.29) is 0 Å². The Kier molecular flexibility index (Phi) is 3.30. The van der Waals surface area contributed by atoms with Crippen LogP contribution < -0.4 is 5.32 Å².